The first-order chi connectivity index (χ1) is 15.5. The molecule has 0 atom stereocenters. The molecule has 0 radical (unpaired) electrons. The third-order valence-electron chi connectivity index (χ3n) is 4.79. The number of benzene rings is 1. The number of nitrogens with zero attached hydrogens (tertiary/aromatic N) is 4. The highest BCUT2D eigenvalue weighted by atomic mass is 19.3. The SMILES string of the molecule is CCNC(=O)c1c(OC)cc(-c2cnc3cc(-c4ccnnc4)ccn23)cc1OC(F)F. The molecule has 0 bridgehead atoms. The smallest absolute Gasteiger partial charge is 0.387 e. The Kier molecular flexibility index (Phi) is 5.93. The van der Waals surface area contributed by atoms with E-state index in [-0.39, 0.29) is 17.1 Å². The molecule has 4 aromatic rings. The van der Waals surface area contributed by atoms with Crippen LogP contribution < -0.4 is 14.8 Å². The van der Waals surface area contributed by atoms with Crippen molar-refractivity contribution in [3.8, 4) is 33.9 Å². The summed E-state index contributed by atoms with van der Waals surface area (Å²) in [6, 6.07) is 8.56. The van der Waals surface area contributed by atoms with Crippen molar-refractivity contribution in [1.82, 2.24) is 24.9 Å². The first-order valence-electron chi connectivity index (χ1n) is 9.71. The summed E-state index contributed by atoms with van der Waals surface area (Å²) in [4.78, 5) is 16.9. The predicted molar refractivity (Wildman–Crippen MR) is 113 cm³/mol. The van der Waals surface area contributed by atoms with Crippen LogP contribution in [0.25, 0.3) is 28.0 Å². The molecule has 0 saturated carbocycles. The lowest BCUT2D eigenvalue weighted by Crippen LogP contribution is -2.24. The zero-order chi connectivity index (χ0) is 22.7. The van der Waals surface area contributed by atoms with E-state index in [4.69, 9.17) is 4.74 Å². The minimum Gasteiger partial charge on any atom is -0.496 e. The van der Waals surface area contributed by atoms with Gasteiger partial charge in [-0.05, 0) is 42.8 Å². The molecule has 0 fully saturated rings. The van der Waals surface area contributed by atoms with Crippen molar-refractivity contribution in [2.24, 2.45) is 0 Å². The lowest BCUT2D eigenvalue weighted by molar-refractivity contribution is -0.0502. The summed E-state index contributed by atoms with van der Waals surface area (Å²) in [5.74, 6) is -0.742. The van der Waals surface area contributed by atoms with Crippen LogP contribution in [0.2, 0.25) is 0 Å². The number of amides is 1. The maximum Gasteiger partial charge on any atom is 0.387 e. The van der Waals surface area contributed by atoms with Crippen LogP contribution in [0.1, 0.15) is 17.3 Å². The lowest BCUT2D eigenvalue weighted by atomic mass is 10.1. The normalized spacial score (nSPS) is 11.0. The fraction of sp³-hybridized carbons (Fsp3) is 0.182. The van der Waals surface area contributed by atoms with Crippen LogP contribution in [0.4, 0.5) is 8.78 Å². The molecule has 8 nitrogen and oxygen atoms in total. The number of hydrogen-bond donors (Lipinski definition) is 1. The van der Waals surface area contributed by atoms with Gasteiger partial charge in [-0.15, -0.1) is 0 Å². The summed E-state index contributed by atoms with van der Waals surface area (Å²) in [6.07, 6.45) is 6.67. The molecule has 0 aliphatic carbocycles. The lowest BCUT2D eigenvalue weighted by Gasteiger charge is -2.16. The molecule has 1 aromatic carbocycles. The summed E-state index contributed by atoms with van der Waals surface area (Å²) in [6.45, 7) is -1.07. The highest BCUT2D eigenvalue weighted by Crippen LogP contribution is 2.36. The van der Waals surface area contributed by atoms with Gasteiger partial charge in [0.25, 0.3) is 5.91 Å². The molecule has 4 rings (SSSR count). The Morgan fingerprint density at radius 3 is 2.59 bits per heavy atom. The first kappa shape index (κ1) is 21.2. The van der Waals surface area contributed by atoms with E-state index >= 15 is 0 Å². The van der Waals surface area contributed by atoms with Gasteiger partial charge in [-0.1, -0.05) is 0 Å². The Hall–Kier alpha value is -4.08. The predicted octanol–water partition coefficient (Wildman–Crippen LogP) is 3.82. The highest BCUT2D eigenvalue weighted by molar-refractivity contribution is 6.00. The standard InChI is InChI=1S/C22H19F2N5O3/c1-3-25-21(30)20-17(31-2)8-15(9-18(20)32-22(23)24)16-12-26-19-10-13(5-7-29(16)19)14-4-6-27-28-11-14/h4-12,22H,3H2,1-2H3,(H,25,30). The number of alkyl halides is 2. The number of rotatable bonds is 7. The summed E-state index contributed by atoms with van der Waals surface area (Å²) in [5, 5.41) is 10.2. The fourth-order valence-corrected chi connectivity index (χ4v) is 3.40. The van der Waals surface area contributed by atoms with Crippen LogP contribution in [0.5, 0.6) is 11.5 Å². The first-order valence-corrected chi connectivity index (χ1v) is 9.71. The number of carbonyl (C=O) groups excluding carboxylic acids is 1. The van der Waals surface area contributed by atoms with Crippen LogP contribution in [0.15, 0.2) is 55.1 Å². The zero-order valence-corrected chi connectivity index (χ0v) is 17.3. The van der Waals surface area contributed by atoms with Gasteiger partial charge < -0.3 is 14.8 Å². The second-order valence-corrected chi connectivity index (χ2v) is 6.71. The molecule has 3 heterocycles. The van der Waals surface area contributed by atoms with E-state index in [1.807, 2.05) is 24.4 Å². The van der Waals surface area contributed by atoms with E-state index in [1.54, 1.807) is 36.0 Å². The van der Waals surface area contributed by atoms with Crippen molar-refractivity contribution in [3.05, 3.63) is 60.7 Å². The van der Waals surface area contributed by atoms with Gasteiger partial charge in [0.05, 0.1) is 31.4 Å². The molecule has 164 valence electrons. The largest absolute Gasteiger partial charge is 0.496 e. The molecule has 0 spiro atoms. The summed E-state index contributed by atoms with van der Waals surface area (Å²) in [5.41, 5.74) is 3.43. The minimum absolute atomic E-state index is 0.0975. The second kappa shape index (κ2) is 8.96. The molecular formula is C22H19F2N5O3. The summed E-state index contributed by atoms with van der Waals surface area (Å²) >= 11 is 0. The Morgan fingerprint density at radius 2 is 1.91 bits per heavy atom. The van der Waals surface area contributed by atoms with Gasteiger partial charge in [-0.25, -0.2) is 4.98 Å². The van der Waals surface area contributed by atoms with Gasteiger partial charge in [-0.3, -0.25) is 9.20 Å². The van der Waals surface area contributed by atoms with Gasteiger partial charge in [-0.2, -0.15) is 19.0 Å². The molecule has 3 aromatic heterocycles. The molecule has 1 N–H and O–H groups in total. The maximum absolute atomic E-state index is 13.1. The summed E-state index contributed by atoms with van der Waals surface area (Å²) in [7, 11) is 1.36. The molecule has 0 aliphatic heterocycles. The van der Waals surface area contributed by atoms with E-state index in [9.17, 15) is 13.6 Å². The number of carbonyl (C=O) groups is 1. The average Bonchev–Trinajstić information content (AvgIpc) is 3.22. The van der Waals surface area contributed by atoms with E-state index in [0.29, 0.717) is 23.4 Å². The number of aromatic nitrogens is 4. The molecule has 0 aliphatic rings. The highest BCUT2D eigenvalue weighted by Gasteiger charge is 2.23. The van der Waals surface area contributed by atoms with Crippen molar-refractivity contribution >= 4 is 11.6 Å². The molecule has 0 saturated heterocycles. The quantitative estimate of drug-likeness (QED) is 0.471. The Balaban J connectivity index is 1.83. The van der Waals surface area contributed by atoms with Crippen LogP contribution in [0, 0.1) is 0 Å². The number of methoxy groups -OCH3 is 1. The number of hydrogen-bond acceptors (Lipinski definition) is 6. The van der Waals surface area contributed by atoms with E-state index in [2.05, 4.69) is 25.2 Å². The van der Waals surface area contributed by atoms with E-state index < -0.39 is 12.5 Å². The number of imidazole rings is 1. The third kappa shape index (κ3) is 4.07. The van der Waals surface area contributed by atoms with Crippen molar-refractivity contribution in [1.29, 1.82) is 0 Å². The maximum atomic E-state index is 13.1. The van der Waals surface area contributed by atoms with Crippen LogP contribution >= 0.6 is 0 Å². The van der Waals surface area contributed by atoms with Gasteiger partial charge in [0.15, 0.2) is 0 Å². The topological polar surface area (TPSA) is 90.6 Å². The van der Waals surface area contributed by atoms with Gasteiger partial charge in [0.1, 0.15) is 22.7 Å². The van der Waals surface area contributed by atoms with Crippen LogP contribution in [0.3, 0.4) is 0 Å². The fourth-order valence-electron chi connectivity index (χ4n) is 3.40. The Bertz CT molecular complexity index is 1260. The van der Waals surface area contributed by atoms with Crippen molar-refractivity contribution in [3.63, 3.8) is 0 Å². The monoisotopic (exact) mass is 439 g/mol. The minimum atomic E-state index is -3.11. The molecule has 0 unspecified atom stereocenters. The van der Waals surface area contributed by atoms with Gasteiger partial charge >= 0.3 is 6.61 Å². The Morgan fingerprint density at radius 1 is 1.09 bits per heavy atom. The third-order valence-corrected chi connectivity index (χ3v) is 4.79. The molecular weight excluding hydrogens is 420 g/mol. The second-order valence-electron chi connectivity index (χ2n) is 6.71. The van der Waals surface area contributed by atoms with Crippen molar-refractivity contribution in [2.75, 3.05) is 13.7 Å². The van der Waals surface area contributed by atoms with Crippen LogP contribution in [-0.2, 0) is 0 Å². The number of ether oxygens (including phenoxy) is 2. The van der Waals surface area contributed by atoms with E-state index in [1.165, 1.54) is 13.2 Å². The van der Waals surface area contributed by atoms with Gasteiger partial charge in [0.2, 0.25) is 0 Å². The number of halogens is 2. The number of fused-ring (bicyclic) bond motifs is 1. The van der Waals surface area contributed by atoms with Crippen LogP contribution in [-0.4, -0.2) is 45.8 Å². The summed E-state index contributed by atoms with van der Waals surface area (Å²) < 4.78 is 38.0. The molecule has 32 heavy (non-hydrogen) atoms. The molecule has 10 heteroatoms. The Labute approximate surface area is 181 Å². The molecule has 1 amide bonds. The van der Waals surface area contributed by atoms with Gasteiger partial charge in [0, 0.05) is 23.9 Å². The van der Waals surface area contributed by atoms with Crippen molar-refractivity contribution in [2.45, 2.75) is 13.5 Å². The number of pyridine rings is 1. The number of nitrogens with one attached hydrogen (secondary N) is 1. The zero-order valence-electron chi connectivity index (χ0n) is 17.3. The van der Waals surface area contributed by atoms with Crippen molar-refractivity contribution < 1.29 is 23.0 Å². The average molecular weight is 439 g/mol. The van der Waals surface area contributed by atoms with E-state index in [0.717, 1.165) is 11.1 Å².